The molecule has 0 aliphatic carbocycles. The third kappa shape index (κ3) is 12.5. The molecule has 0 saturated carbocycles. The third-order valence-corrected chi connectivity index (χ3v) is 3.78. The Kier molecular flexibility index (Phi) is 23.3. The third-order valence-electron chi connectivity index (χ3n) is 3.78. The van der Waals surface area contributed by atoms with Crippen LogP contribution < -0.4 is 67.3 Å². The molecule has 172 valence electrons. The summed E-state index contributed by atoms with van der Waals surface area (Å²) in [6.45, 7) is 11.2. The van der Waals surface area contributed by atoms with Gasteiger partial charge in [-0.2, -0.15) is 0 Å². The minimum atomic E-state index is -0.816. The molecule has 2 amide bonds. The molecule has 2 rings (SSSR count). The molecule has 2 aromatic rings. The Balaban J connectivity index is -0.00000132. The predicted molar refractivity (Wildman–Crippen MR) is 132 cm³/mol. The standard InChI is InChI=1S/C19H22N4O3.2C2H6.CH3.K/c1-20-16-9-8-14(11-17(16)21-2)22-18(25)19(26)23-15(12-24)10-13-6-4-3-5-7-13;2*1-2;;/h3-9,11,15,20,24H,2,10,12H2,1H3,(H,22,25)(H,23,26);2*1-2H3;1H3;/q;;;-1;+1. The maximum Gasteiger partial charge on any atom is 1.00 e. The Morgan fingerprint density at radius 3 is 2.12 bits per heavy atom. The Bertz CT molecular complexity index is 786. The van der Waals surface area contributed by atoms with Gasteiger partial charge in [-0.25, -0.2) is 0 Å². The van der Waals surface area contributed by atoms with E-state index in [-0.39, 0.29) is 65.4 Å². The Hall–Kier alpha value is -1.55. The van der Waals surface area contributed by atoms with Gasteiger partial charge >= 0.3 is 63.2 Å². The first-order chi connectivity index (χ1) is 14.6. The number of aliphatic imine (C=N–C) groups is 1. The number of amides is 2. The van der Waals surface area contributed by atoms with E-state index < -0.39 is 17.9 Å². The fourth-order valence-corrected chi connectivity index (χ4v) is 2.45. The van der Waals surface area contributed by atoms with E-state index in [1.165, 1.54) is 0 Å². The van der Waals surface area contributed by atoms with Gasteiger partial charge in [0.15, 0.2) is 0 Å². The largest absolute Gasteiger partial charge is 1.00 e. The monoisotopic (exact) mass is 468 g/mol. The minimum Gasteiger partial charge on any atom is -0.394 e. The molecule has 1 unspecified atom stereocenters. The Labute approximate surface area is 235 Å². The SMILES string of the molecule is C=Nc1cc(NC(=O)C(=O)NC(CO)Cc2ccccc2)ccc1NC.CC.CC.[CH3-].[K+]. The van der Waals surface area contributed by atoms with Gasteiger partial charge < -0.3 is 28.5 Å². The molecule has 0 aromatic heterocycles. The van der Waals surface area contributed by atoms with Gasteiger partial charge in [0.25, 0.3) is 0 Å². The van der Waals surface area contributed by atoms with Crippen LogP contribution in [0.4, 0.5) is 17.1 Å². The summed E-state index contributed by atoms with van der Waals surface area (Å²) in [7, 11) is 1.75. The Morgan fingerprint density at radius 1 is 1.03 bits per heavy atom. The van der Waals surface area contributed by atoms with Gasteiger partial charge in [0, 0.05) is 12.7 Å². The molecule has 0 aliphatic heterocycles. The minimum absolute atomic E-state index is 0. The second kappa shape index (κ2) is 21.3. The molecule has 4 N–H and O–H groups in total. The van der Waals surface area contributed by atoms with Gasteiger partial charge in [0.05, 0.1) is 24.0 Å². The number of nitrogens with one attached hydrogen (secondary N) is 3. The van der Waals surface area contributed by atoms with Crippen LogP contribution in [0, 0.1) is 7.43 Å². The quantitative estimate of drug-likeness (QED) is 0.212. The second-order valence-electron chi connectivity index (χ2n) is 5.64. The zero-order valence-corrected chi connectivity index (χ0v) is 23.7. The van der Waals surface area contributed by atoms with Crippen LogP contribution in [0.5, 0.6) is 0 Å². The number of aliphatic hydroxyl groups excluding tert-OH is 1. The van der Waals surface area contributed by atoms with Gasteiger partial charge in [-0.05, 0) is 36.9 Å². The molecule has 0 bridgehead atoms. The van der Waals surface area contributed by atoms with Crippen LogP contribution in [0.2, 0.25) is 0 Å². The van der Waals surface area contributed by atoms with Crippen molar-refractivity contribution in [2.24, 2.45) is 4.99 Å². The summed E-state index contributed by atoms with van der Waals surface area (Å²) < 4.78 is 0. The number of carbonyl (C=O) groups excluding carboxylic acids is 2. The first-order valence-electron chi connectivity index (χ1n) is 10.1. The van der Waals surface area contributed by atoms with Crippen LogP contribution in [-0.4, -0.2) is 43.3 Å². The molecule has 0 radical (unpaired) electrons. The van der Waals surface area contributed by atoms with Crippen molar-refractivity contribution in [3.05, 3.63) is 61.5 Å². The average Bonchev–Trinajstić information content (AvgIpc) is 2.81. The summed E-state index contributed by atoms with van der Waals surface area (Å²) in [5.41, 5.74) is 2.69. The van der Waals surface area contributed by atoms with Crippen LogP contribution >= 0.6 is 0 Å². The van der Waals surface area contributed by atoms with E-state index >= 15 is 0 Å². The van der Waals surface area contributed by atoms with Crippen LogP contribution in [0.3, 0.4) is 0 Å². The number of carbonyl (C=O) groups is 2. The van der Waals surface area contributed by atoms with Gasteiger partial charge in [0.2, 0.25) is 0 Å². The zero-order chi connectivity index (χ0) is 22.9. The first kappa shape index (κ1) is 35.0. The van der Waals surface area contributed by atoms with Crippen molar-refractivity contribution in [1.82, 2.24) is 5.32 Å². The summed E-state index contributed by atoms with van der Waals surface area (Å²) >= 11 is 0. The van der Waals surface area contributed by atoms with Crippen LogP contribution in [0.1, 0.15) is 33.3 Å². The van der Waals surface area contributed by atoms with E-state index in [4.69, 9.17) is 0 Å². The van der Waals surface area contributed by atoms with Crippen molar-refractivity contribution in [2.45, 2.75) is 40.2 Å². The predicted octanol–water partition coefficient (Wildman–Crippen LogP) is 1.23. The van der Waals surface area contributed by atoms with Crippen molar-refractivity contribution < 1.29 is 66.1 Å². The molecular formula is C24H37KN4O3. The molecule has 0 saturated heterocycles. The van der Waals surface area contributed by atoms with Gasteiger partial charge in [0.1, 0.15) is 0 Å². The first-order valence-corrected chi connectivity index (χ1v) is 10.1. The number of benzene rings is 2. The summed E-state index contributed by atoms with van der Waals surface area (Å²) in [5.74, 6) is -1.63. The molecule has 0 spiro atoms. The van der Waals surface area contributed by atoms with Crippen molar-refractivity contribution in [2.75, 3.05) is 24.3 Å². The molecule has 2 aromatic carbocycles. The molecule has 8 heteroatoms. The van der Waals surface area contributed by atoms with Gasteiger partial charge in [-0.3, -0.25) is 14.6 Å². The van der Waals surface area contributed by atoms with Crippen molar-refractivity contribution in [3.8, 4) is 0 Å². The fraction of sp³-hybridized carbons (Fsp3) is 0.333. The van der Waals surface area contributed by atoms with E-state index in [0.717, 1.165) is 11.3 Å². The van der Waals surface area contributed by atoms with E-state index in [9.17, 15) is 14.7 Å². The molecule has 1 atom stereocenters. The molecule has 0 heterocycles. The molecule has 32 heavy (non-hydrogen) atoms. The van der Waals surface area contributed by atoms with E-state index in [1.807, 2.05) is 58.0 Å². The Morgan fingerprint density at radius 2 is 1.62 bits per heavy atom. The number of rotatable bonds is 7. The topological polar surface area (TPSA) is 103 Å². The summed E-state index contributed by atoms with van der Waals surface area (Å²) in [4.78, 5) is 28.1. The smallest absolute Gasteiger partial charge is 0.394 e. The fourth-order valence-electron chi connectivity index (χ4n) is 2.45. The summed E-state index contributed by atoms with van der Waals surface area (Å²) in [6, 6.07) is 13.9. The number of hydrogen-bond donors (Lipinski definition) is 4. The van der Waals surface area contributed by atoms with Gasteiger partial charge in [-0.15, -0.1) is 0 Å². The van der Waals surface area contributed by atoms with Crippen LogP contribution in [0.25, 0.3) is 0 Å². The molecule has 7 nitrogen and oxygen atoms in total. The van der Waals surface area contributed by atoms with Crippen LogP contribution in [-0.2, 0) is 16.0 Å². The molecule has 0 aliphatic rings. The van der Waals surface area contributed by atoms with Crippen molar-refractivity contribution in [3.63, 3.8) is 0 Å². The number of aliphatic hydroxyl groups is 1. The van der Waals surface area contributed by atoms with E-state index in [0.29, 0.717) is 17.8 Å². The normalized spacial score (nSPS) is 9.56. The van der Waals surface area contributed by atoms with E-state index in [1.54, 1.807) is 25.2 Å². The van der Waals surface area contributed by atoms with Crippen molar-refractivity contribution in [1.29, 1.82) is 0 Å². The molecular weight excluding hydrogens is 431 g/mol. The molecule has 0 fully saturated rings. The second-order valence-corrected chi connectivity index (χ2v) is 5.64. The number of hydrogen-bond acceptors (Lipinski definition) is 5. The maximum atomic E-state index is 12.1. The van der Waals surface area contributed by atoms with Gasteiger partial charge in [-0.1, -0.05) is 58.0 Å². The van der Waals surface area contributed by atoms with Crippen molar-refractivity contribution >= 4 is 35.6 Å². The maximum absolute atomic E-state index is 12.1. The number of anilines is 2. The van der Waals surface area contributed by atoms with E-state index in [2.05, 4.69) is 27.7 Å². The number of nitrogens with zero attached hydrogens (tertiary/aromatic N) is 1. The summed E-state index contributed by atoms with van der Waals surface area (Å²) in [6.07, 6.45) is 0.428. The average molecular weight is 469 g/mol. The summed E-state index contributed by atoms with van der Waals surface area (Å²) in [5, 5.41) is 17.5. The van der Waals surface area contributed by atoms with Crippen LogP contribution in [0.15, 0.2) is 53.5 Å². The zero-order valence-electron chi connectivity index (χ0n) is 20.5.